The average molecular weight is 527 g/mol. The molecule has 0 fully saturated rings. The van der Waals surface area contributed by atoms with Gasteiger partial charge in [-0.05, 0) is 42.3 Å². The van der Waals surface area contributed by atoms with Gasteiger partial charge in [-0.1, -0.05) is 44.5 Å². The number of fused-ring (bicyclic) bond motifs is 1. The predicted octanol–water partition coefficient (Wildman–Crippen LogP) is 4.29. The molecule has 0 radical (unpaired) electrons. The van der Waals surface area contributed by atoms with E-state index in [1.54, 1.807) is 35.3 Å². The summed E-state index contributed by atoms with van der Waals surface area (Å²) in [7, 11) is -2.05. The highest BCUT2D eigenvalue weighted by atomic mass is 32.2. The summed E-state index contributed by atoms with van der Waals surface area (Å²) >= 11 is 0. The minimum Gasteiger partial charge on any atom is -0.411 e. The summed E-state index contributed by atoms with van der Waals surface area (Å²) < 4.78 is 29.9. The van der Waals surface area contributed by atoms with Crippen LogP contribution in [0.1, 0.15) is 25.8 Å². The zero-order valence-corrected chi connectivity index (χ0v) is 22.5. The number of hydrogen-bond acceptors (Lipinski definition) is 6. The van der Waals surface area contributed by atoms with Gasteiger partial charge in [0.2, 0.25) is 15.9 Å². The molecule has 10 heteroatoms. The third-order valence-electron chi connectivity index (χ3n) is 5.62. The Bertz CT molecular complexity index is 1310. The maximum atomic E-state index is 13.1. The van der Waals surface area contributed by atoms with Crippen molar-refractivity contribution in [1.82, 2.24) is 4.31 Å². The van der Waals surface area contributed by atoms with E-state index >= 15 is 0 Å². The lowest BCUT2D eigenvalue weighted by atomic mass is 10.0. The topological polar surface area (TPSA) is 113 Å². The van der Waals surface area contributed by atoms with Crippen LogP contribution in [0.3, 0.4) is 0 Å². The summed E-state index contributed by atoms with van der Waals surface area (Å²) in [5.74, 6) is -0.0332. The van der Waals surface area contributed by atoms with Crippen molar-refractivity contribution in [3.05, 3.63) is 91.5 Å². The van der Waals surface area contributed by atoms with Gasteiger partial charge in [-0.15, -0.1) is 0 Å². The lowest BCUT2D eigenvalue weighted by Gasteiger charge is -2.40. The third-order valence-corrected chi connectivity index (χ3v) is 6.85. The van der Waals surface area contributed by atoms with E-state index in [0.29, 0.717) is 34.6 Å². The fraction of sp³-hybridized carbons (Fsp3) is 0.259. The second-order valence-electron chi connectivity index (χ2n) is 8.73. The molecule has 1 atom stereocenters. The Labute approximate surface area is 219 Å². The second kappa shape index (κ2) is 11.8. The second-order valence-corrected chi connectivity index (χ2v) is 10.7. The number of nitrogens with two attached hydrogens (primary N) is 1. The molecule has 2 rings (SSSR count). The van der Waals surface area contributed by atoms with E-state index in [9.17, 15) is 18.0 Å². The first kappa shape index (κ1) is 29.2. The van der Waals surface area contributed by atoms with Gasteiger partial charge in [0.1, 0.15) is 5.76 Å². The summed E-state index contributed by atoms with van der Waals surface area (Å²) in [6, 6.07) is 4.93. The van der Waals surface area contributed by atoms with Crippen molar-refractivity contribution in [2.45, 2.75) is 26.3 Å². The van der Waals surface area contributed by atoms with E-state index in [1.807, 2.05) is 6.92 Å². The Hall–Kier alpha value is -4.05. The van der Waals surface area contributed by atoms with Gasteiger partial charge in [0.05, 0.1) is 23.7 Å². The van der Waals surface area contributed by atoms with Crippen LogP contribution in [0.2, 0.25) is 0 Å². The number of sulfonamides is 1. The first-order chi connectivity index (χ1) is 17.1. The highest BCUT2D eigenvalue weighted by molar-refractivity contribution is 7.88. The molecule has 37 heavy (non-hydrogen) atoms. The average Bonchev–Trinajstić information content (AvgIpc) is 2.79. The van der Waals surface area contributed by atoms with E-state index in [2.05, 4.69) is 26.3 Å². The summed E-state index contributed by atoms with van der Waals surface area (Å²) in [6.45, 7) is 18.7. The van der Waals surface area contributed by atoms with E-state index < -0.39 is 16.1 Å². The molecule has 1 aromatic rings. The first-order valence-electron chi connectivity index (χ1n) is 11.4. The molecule has 198 valence electrons. The molecule has 0 saturated carbocycles. The Morgan fingerprint density at radius 1 is 1.16 bits per heavy atom. The first-order valence-corrected chi connectivity index (χ1v) is 13.2. The monoisotopic (exact) mass is 526 g/mol. The number of hydrogen-bond donors (Lipinski definition) is 1. The number of amides is 2. The van der Waals surface area contributed by atoms with Gasteiger partial charge in [-0.3, -0.25) is 14.0 Å². The summed E-state index contributed by atoms with van der Waals surface area (Å²) in [4.78, 5) is 28.6. The molecule has 0 bridgehead atoms. The molecule has 2 amide bonds. The van der Waals surface area contributed by atoms with E-state index in [-0.39, 0.29) is 29.9 Å². The molecule has 1 unspecified atom stereocenters. The summed E-state index contributed by atoms with van der Waals surface area (Å²) in [5.41, 5.74) is 8.47. The number of carbonyl (C=O) groups excluding carboxylic acids is 2. The van der Waals surface area contributed by atoms with Crippen LogP contribution in [0.5, 0.6) is 0 Å². The van der Waals surface area contributed by atoms with Crippen molar-refractivity contribution >= 4 is 39.0 Å². The fourth-order valence-electron chi connectivity index (χ4n) is 3.63. The van der Waals surface area contributed by atoms with E-state index in [1.165, 1.54) is 31.0 Å². The van der Waals surface area contributed by atoms with Crippen molar-refractivity contribution in [1.29, 1.82) is 0 Å². The Morgan fingerprint density at radius 2 is 1.81 bits per heavy atom. The quantitative estimate of drug-likeness (QED) is 0.379. The van der Waals surface area contributed by atoms with Crippen LogP contribution in [-0.4, -0.2) is 50.6 Å². The van der Waals surface area contributed by atoms with Crippen molar-refractivity contribution in [3.8, 4) is 0 Å². The molecular weight excluding hydrogens is 492 g/mol. The van der Waals surface area contributed by atoms with E-state index in [4.69, 9.17) is 10.5 Å². The van der Waals surface area contributed by atoms with Crippen LogP contribution in [0.4, 0.5) is 16.2 Å². The van der Waals surface area contributed by atoms with Gasteiger partial charge in [-0.2, -0.15) is 0 Å². The molecule has 1 aliphatic heterocycles. The molecule has 0 saturated heterocycles. The van der Waals surface area contributed by atoms with Crippen LogP contribution >= 0.6 is 0 Å². The van der Waals surface area contributed by atoms with Gasteiger partial charge in [0, 0.05) is 38.3 Å². The molecule has 1 heterocycles. The lowest BCUT2D eigenvalue weighted by Crippen LogP contribution is -2.51. The lowest BCUT2D eigenvalue weighted by molar-refractivity contribution is -0.117. The van der Waals surface area contributed by atoms with Crippen LogP contribution in [-0.2, 0) is 19.6 Å². The molecular formula is C27H34N4O5S. The Kier molecular flexibility index (Phi) is 9.30. The number of ether oxygens (including phenoxy) is 1. The van der Waals surface area contributed by atoms with Gasteiger partial charge in [-0.25, -0.2) is 13.2 Å². The SMILES string of the molecule is C=C(N)C/C=C\C(=C)OC(=O)N1CC(C)N(C(C)=O)c2ccc(C(=C)/C=C\C(=C)N(C)S(C)(=O)=O)cc21. The van der Waals surface area contributed by atoms with Crippen LogP contribution in [0.15, 0.2) is 86.0 Å². The molecule has 0 spiro atoms. The Balaban J connectivity index is 2.39. The normalized spacial score (nSPS) is 15.4. The fourth-order valence-corrected chi connectivity index (χ4v) is 4.12. The number of likely N-dealkylation sites (N-methyl/N-ethyl adjacent to an activating group) is 1. The van der Waals surface area contributed by atoms with Crippen molar-refractivity contribution in [3.63, 3.8) is 0 Å². The molecule has 2 N–H and O–H groups in total. The maximum absolute atomic E-state index is 13.1. The molecule has 0 aliphatic carbocycles. The summed E-state index contributed by atoms with van der Waals surface area (Å²) in [6.07, 6.45) is 7.23. The molecule has 9 nitrogen and oxygen atoms in total. The van der Waals surface area contributed by atoms with E-state index in [0.717, 1.165) is 10.6 Å². The molecule has 1 aliphatic rings. The zero-order valence-electron chi connectivity index (χ0n) is 21.7. The van der Waals surface area contributed by atoms with Crippen molar-refractivity contribution in [2.75, 3.05) is 29.6 Å². The van der Waals surface area contributed by atoms with Gasteiger partial charge in [0.25, 0.3) is 0 Å². The maximum Gasteiger partial charge on any atom is 0.419 e. The standard InChI is InChI=1S/C27H34N4O5S/c1-18(12-13-20(3)29(7)37(8,34)35)24-14-15-25-26(16-24)30(17-21(4)31(25)23(6)32)27(33)36-22(5)11-9-10-19(2)28/h9,11-16,21H,1-3,5,10,17,28H2,4,6-8H3/b11-9-,13-12-. The van der Waals surface area contributed by atoms with Crippen molar-refractivity contribution in [2.24, 2.45) is 5.73 Å². The van der Waals surface area contributed by atoms with Gasteiger partial charge >= 0.3 is 6.09 Å². The largest absolute Gasteiger partial charge is 0.419 e. The number of benzene rings is 1. The smallest absolute Gasteiger partial charge is 0.411 e. The summed E-state index contributed by atoms with van der Waals surface area (Å²) in [5, 5.41) is 0. The molecule has 1 aromatic carbocycles. The van der Waals surface area contributed by atoms with Crippen LogP contribution in [0.25, 0.3) is 5.57 Å². The number of nitrogens with zero attached hydrogens (tertiary/aromatic N) is 3. The van der Waals surface area contributed by atoms with Crippen molar-refractivity contribution < 1.29 is 22.7 Å². The minimum atomic E-state index is -3.45. The number of allylic oxidation sites excluding steroid dienone is 5. The van der Waals surface area contributed by atoms with Crippen LogP contribution < -0.4 is 15.5 Å². The van der Waals surface area contributed by atoms with Gasteiger partial charge in [0.15, 0.2) is 0 Å². The predicted molar refractivity (Wildman–Crippen MR) is 149 cm³/mol. The number of carbonyl (C=O) groups is 2. The van der Waals surface area contributed by atoms with Crippen LogP contribution in [0, 0.1) is 0 Å². The Morgan fingerprint density at radius 3 is 2.38 bits per heavy atom. The minimum absolute atomic E-state index is 0.131. The number of anilines is 2. The van der Waals surface area contributed by atoms with Gasteiger partial charge < -0.3 is 15.4 Å². The number of rotatable bonds is 9. The highest BCUT2D eigenvalue weighted by Crippen LogP contribution is 2.38. The highest BCUT2D eigenvalue weighted by Gasteiger charge is 2.34. The molecule has 0 aromatic heterocycles. The zero-order chi connectivity index (χ0) is 28.1. The third kappa shape index (κ3) is 7.47.